The molecule has 176 valence electrons. The van der Waals surface area contributed by atoms with Crippen LogP contribution in [0.2, 0.25) is 0 Å². The Morgan fingerprint density at radius 3 is 2.00 bits per heavy atom. The number of benzene rings is 4. The van der Waals surface area contributed by atoms with E-state index in [-0.39, 0.29) is 86.0 Å². The Morgan fingerprint density at radius 1 is 0.611 bits per heavy atom. The number of allylic oxidation sites excluding steroid dienone is 2. The van der Waals surface area contributed by atoms with Crippen LogP contribution < -0.4 is 48.0 Å². The maximum absolute atomic E-state index is 3.67. The molecule has 0 aromatic heterocycles. The van der Waals surface area contributed by atoms with Gasteiger partial charge < -0.3 is 48.0 Å². The molecule has 0 nitrogen and oxygen atoms in total. The van der Waals surface area contributed by atoms with Crippen molar-refractivity contribution in [2.45, 2.75) is 21.6 Å². The molecule has 0 radical (unpaired) electrons. The van der Waals surface area contributed by atoms with Crippen molar-refractivity contribution in [3.8, 4) is 0 Å². The number of fused-ring (bicyclic) bond motifs is 3. The molecule has 4 aliphatic rings. The zero-order valence-electron chi connectivity index (χ0n) is 18.8. The third kappa shape index (κ3) is 5.94. The van der Waals surface area contributed by atoms with E-state index in [9.17, 15) is 0 Å². The third-order valence-electron chi connectivity index (χ3n) is 6.23. The molecule has 0 spiro atoms. The van der Waals surface area contributed by atoms with Crippen molar-refractivity contribution in [1.82, 2.24) is 0 Å². The zero-order valence-corrected chi connectivity index (χ0v) is 29.6. The Morgan fingerprint density at radius 2 is 1.25 bits per heavy atom. The molecule has 0 amide bonds. The van der Waals surface area contributed by atoms with Gasteiger partial charge in [-0.05, 0) is 18.2 Å². The Hall–Kier alpha value is 0.0131. The van der Waals surface area contributed by atoms with E-state index < -0.39 is 0 Å². The predicted octanol–water partition coefficient (Wildman–Crippen LogP) is 3.29. The largest absolute Gasteiger partial charge is 4.00 e. The molecule has 6 bridgehead atoms. The first kappa shape index (κ1) is 30.6. The summed E-state index contributed by atoms with van der Waals surface area (Å²) in [5.41, 5.74) is 7.91. The summed E-state index contributed by atoms with van der Waals surface area (Å²) in [5, 5.41) is 0. The monoisotopic (exact) mass is 912 g/mol. The van der Waals surface area contributed by atoms with E-state index in [1.165, 1.54) is 52.1 Å². The quantitative estimate of drug-likeness (QED) is 0.209. The number of halogens is 4. The van der Waals surface area contributed by atoms with Gasteiger partial charge in [0.2, 0.25) is 0 Å². The normalized spacial score (nSPS) is 16.7. The van der Waals surface area contributed by atoms with Crippen molar-refractivity contribution < 1.29 is 74.2 Å². The molecule has 0 saturated carbocycles. The first-order chi connectivity index (χ1) is 16.2. The van der Waals surface area contributed by atoms with Crippen molar-refractivity contribution in [3.63, 3.8) is 0 Å². The van der Waals surface area contributed by atoms with Crippen LogP contribution in [0, 0.1) is 12.2 Å². The summed E-state index contributed by atoms with van der Waals surface area (Å²) in [4.78, 5) is 2.63. The van der Waals surface area contributed by atoms with E-state index >= 15 is 0 Å². The molecule has 0 N–H and O–H groups in total. The molecule has 0 saturated heterocycles. The van der Waals surface area contributed by atoms with Gasteiger partial charge in [-0.15, -0.1) is 29.0 Å². The fourth-order valence-corrected chi connectivity index (χ4v) is 6.76. The van der Waals surface area contributed by atoms with Gasteiger partial charge >= 0.3 is 26.2 Å². The first-order valence-corrected chi connectivity index (χ1v) is 13.2. The van der Waals surface area contributed by atoms with Gasteiger partial charge in [0.15, 0.2) is 0 Å². The average molecular weight is 915 g/mol. The Kier molecular flexibility index (Phi) is 11.4. The summed E-state index contributed by atoms with van der Waals surface area (Å²) in [6.07, 6.45) is 11.1. The minimum Gasteiger partial charge on any atom is -1.00 e. The predicted molar refractivity (Wildman–Crippen MR) is 144 cm³/mol. The van der Waals surface area contributed by atoms with Crippen LogP contribution in [0.1, 0.15) is 45.2 Å². The van der Waals surface area contributed by atoms with Gasteiger partial charge in [0, 0.05) is 13.8 Å². The van der Waals surface area contributed by atoms with Gasteiger partial charge in [0.05, 0.1) is 0 Å². The molecule has 6 heteroatoms. The van der Waals surface area contributed by atoms with Crippen LogP contribution in [0.3, 0.4) is 0 Å². The van der Waals surface area contributed by atoms with E-state index in [0.29, 0.717) is 0 Å². The van der Waals surface area contributed by atoms with Gasteiger partial charge in [0.25, 0.3) is 0 Å². The molecule has 2 heterocycles. The van der Waals surface area contributed by atoms with Gasteiger partial charge in [-0.25, -0.2) is 12.2 Å². The van der Waals surface area contributed by atoms with E-state index in [0.717, 1.165) is 0 Å². The Balaban J connectivity index is 0.000000185. The maximum Gasteiger partial charge on any atom is 4.00 e. The second-order valence-electron chi connectivity index (χ2n) is 8.19. The summed E-state index contributed by atoms with van der Waals surface area (Å²) in [5.74, 6) is 0.554. The molecule has 2 aliphatic heterocycles. The molecule has 2 aliphatic carbocycles. The van der Waals surface area contributed by atoms with Crippen molar-refractivity contribution in [2.75, 3.05) is 0 Å². The van der Waals surface area contributed by atoms with Crippen LogP contribution >= 0.6 is 43.6 Å². The first-order valence-electron chi connectivity index (χ1n) is 10.8. The van der Waals surface area contributed by atoms with Gasteiger partial charge in [-0.2, -0.15) is 11.1 Å². The van der Waals surface area contributed by atoms with Crippen molar-refractivity contribution in [3.05, 3.63) is 139 Å². The fraction of sp³-hybridized carbons (Fsp3) is 0.0667. The van der Waals surface area contributed by atoms with Crippen molar-refractivity contribution >= 4 is 55.8 Å². The van der Waals surface area contributed by atoms with Crippen molar-refractivity contribution in [1.29, 1.82) is 0 Å². The van der Waals surface area contributed by atoms with E-state index in [1.807, 2.05) is 17.8 Å². The van der Waals surface area contributed by atoms with Crippen molar-refractivity contribution in [2.24, 2.45) is 0 Å². The molecular formula is C30H18Br2I2SZr. The summed E-state index contributed by atoms with van der Waals surface area (Å²) >= 11 is 9.13. The molecular weight excluding hydrogens is 897 g/mol. The second kappa shape index (κ2) is 13.4. The van der Waals surface area contributed by atoms with Crippen LogP contribution in [0.4, 0.5) is 0 Å². The molecule has 2 atom stereocenters. The Bertz CT molecular complexity index is 1420. The summed E-state index contributed by atoms with van der Waals surface area (Å²) in [7, 11) is 0. The summed E-state index contributed by atoms with van der Waals surface area (Å²) in [6, 6.07) is 30.0. The van der Waals surface area contributed by atoms with Crippen LogP contribution in [0.15, 0.2) is 104 Å². The maximum atomic E-state index is 3.67. The molecule has 4 aromatic carbocycles. The number of hydrogen-bond acceptors (Lipinski definition) is 1. The van der Waals surface area contributed by atoms with Crippen LogP contribution in [-0.2, 0) is 26.2 Å². The number of hydrogen-bond donors (Lipinski definition) is 0. The van der Waals surface area contributed by atoms with Crippen LogP contribution in [-0.4, -0.2) is 0 Å². The van der Waals surface area contributed by atoms with Gasteiger partial charge in [-0.1, -0.05) is 120 Å². The minimum absolute atomic E-state index is 0. The Labute approximate surface area is 287 Å². The van der Waals surface area contributed by atoms with Gasteiger partial charge in [0.1, 0.15) is 0 Å². The van der Waals surface area contributed by atoms with E-state index in [2.05, 4.69) is 135 Å². The topological polar surface area (TPSA) is 0 Å². The fourth-order valence-electron chi connectivity index (χ4n) is 4.64. The average Bonchev–Trinajstić information content (AvgIpc) is 3.50. The molecule has 4 aromatic rings. The van der Waals surface area contributed by atoms with Crippen LogP contribution in [0.25, 0.3) is 12.2 Å². The molecule has 0 fully saturated rings. The molecule has 36 heavy (non-hydrogen) atoms. The summed E-state index contributed by atoms with van der Waals surface area (Å²) in [6.45, 7) is 0. The second-order valence-corrected chi connectivity index (χ2v) is 11.0. The smallest absolute Gasteiger partial charge is 1.00 e. The SMILES string of the molecule is Brc1ccc2c3c1C([C-]=C3)c1ccc(cc1)S2.Brc1cccc2c1C(c1ccccc1)[C-]=C2.[I-].[I-].[Zr+4]. The van der Waals surface area contributed by atoms with E-state index in [1.54, 1.807) is 0 Å². The molecule has 8 rings (SSSR count). The minimum atomic E-state index is 0. The molecule has 2 unspecified atom stereocenters. The van der Waals surface area contributed by atoms with E-state index in [4.69, 9.17) is 0 Å². The van der Waals surface area contributed by atoms with Crippen LogP contribution in [0.5, 0.6) is 0 Å². The third-order valence-corrected chi connectivity index (χ3v) is 8.70. The number of rotatable bonds is 1. The van der Waals surface area contributed by atoms with Gasteiger partial charge in [-0.3, -0.25) is 12.2 Å². The zero-order chi connectivity index (χ0) is 22.4. The standard InChI is InChI=1S/C15H8BrS.C15H10Br.2HI.Zr/c16-13-7-8-14-12-6-5-11(15(12)13)9-1-3-10(17-14)4-2-9;16-14-8-4-7-12-9-10-13(15(12)14)11-5-2-1-3-6-11;;;/h1-4,6-8,11H;1-9,13H;2*1H;/q2*-1;;;+4/p-2. The summed E-state index contributed by atoms with van der Waals surface area (Å²) < 4.78 is 2.35.